The number of nitrogens with two attached hydrogens (primary N) is 1. The highest BCUT2D eigenvalue weighted by Gasteiger charge is 2.39. The van der Waals surface area contributed by atoms with Crippen LogP contribution < -0.4 is 5.73 Å². The molecule has 1 aliphatic rings. The van der Waals surface area contributed by atoms with Crippen molar-refractivity contribution in [3.63, 3.8) is 0 Å². The third kappa shape index (κ3) is 2.71. The quantitative estimate of drug-likeness (QED) is 0.665. The molecule has 1 heterocycles. The highest BCUT2D eigenvalue weighted by Crippen LogP contribution is 2.31. The molecular formula is C12H24N2O. The summed E-state index contributed by atoms with van der Waals surface area (Å²) in [5.74, 6) is 0.211. The second-order valence-electron chi connectivity index (χ2n) is 6.28. The van der Waals surface area contributed by atoms with Crippen molar-refractivity contribution >= 4 is 5.91 Å². The first-order chi connectivity index (χ1) is 6.64. The van der Waals surface area contributed by atoms with Gasteiger partial charge in [-0.25, -0.2) is 0 Å². The summed E-state index contributed by atoms with van der Waals surface area (Å²) in [6.45, 7) is 10.8. The summed E-state index contributed by atoms with van der Waals surface area (Å²) < 4.78 is 0. The maximum Gasteiger partial charge on any atom is 0.228 e. The van der Waals surface area contributed by atoms with E-state index in [1.807, 2.05) is 25.7 Å². The Kier molecular flexibility index (Phi) is 3.15. The highest BCUT2D eigenvalue weighted by molar-refractivity contribution is 5.82. The summed E-state index contributed by atoms with van der Waals surface area (Å²) in [6.07, 6.45) is 2.01. The molecule has 2 N–H and O–H groups in total. The predicted octanol–water partition coefficient (Wildman–Crippen LogP) is 1.76. The molecule has 1 aliphatic heterocycles. The van der Waals surface area contributed by atoms with Crippen molar-refractivity contribution in [2.75, 3.05) is 6.54 Å². The molecule has 0 aromatic heterocycles. The van der Waals surface area contributed by atoms with Crippen molar-refractivity contribution in [3.05, 3.63) is 0 Å². The summed E-state index contributed by atoms with van der Waals surface area (Å²) in [5.41, 5.74) is 5.58. The van der Waals surface area contributed by atoms with Crippen LogP contribution >= 0.6 is 0 Å². The van der Waals surface area contributed by atoms with Gasteiger partial charge in [0.25, 0.3) is 0 Å². The van der Waals surface area contributed by atoms with E-state index in [0.29, 0.717) is 6.54 Å². The van der Waals surface area contributed by atoms with Gasteiger partial charge in [0.2, 0.25) is 5.91 Å². The number of carbonyl (C=O) groups is 1. The van der Waals surface area contributed by atoms with Crippen LogP contribution in [0.3, 0.4) is 0 Å². The van der Waals surface area contributed by atoms with E-state index in [2.05, 4.69) is 13.8 Å². The van der Waals surface area contributed by atoms with E-state index in [-0.39, 0.29) is 22.9 Å². The van der Waals surface area contributed by atoms with Gasteiger partial charge in [-0.05, 0) is 26.7 Å². The van der Waals surface area contributed by atoms with E-state index in [1.54, 1.807) is 0 Å². The fourth-order valence-electron chi connectivity index (χ4n) is 2.01. The first-order valence-corrected chi connectivity index (χ1v) is 5.72. The maximum absolute atomic E-state index is 12.3. The molecule has 1 fully saturated rings. The number of hydrogen-bond acceptors (Lipinski definition) is 2. The van der Waals surface area contributed by atoms with Crippen molar-refractivity contribution in [1.29, 1.82) is 0 Å². The van der Waals surface area contributed by atoms with Crippen molar-refractivity contribution < 1.29 is 4.79 Å². The van der Waals surface area contributed by atoms with Gasteiger partial charge in [-0.2, -0.15) is 0 Å². The summed E-state index contributed by atoms with van der Waals surface area (Å²) in [7, 11) is 0. The molecule has 88 valence electrons. The van der Waals surface area contributed by atoms with E-state index in [4.69, 9.17) is 5.73 Å². The summed E-state index contributed by atoms with van der Waals surface area (Å²) in [5, 5.41) is 0. The third-order valence-electron chi connectivity index (χ3n) is 3.16. The van der Waals surface area contributed by atoms with Gasteiger partial charge in [-0.15, -0.1) is 0 Å². The minimum absolute atomic E-state index is 0.0414. The molecule has 0 saturated carbocycles. The topological polar surface area (TPSA) is 46.3 Å². The van der Waals surface area contributed by atoms with Crippen molar-refractivity contribution in [1.82, 2.24) is 4.90 Å². The Morgan fingerprint density at radius 3 is 2.40 bits per heavy atom. The second kappa shape index (κ2) is 3.78. The Morgan fingerprint density at radius 2 is 1.93 bits per heavy atom. The van der Waals surface area contributed by atoms with Gasteiger partial charge in [-0.1, -0.05) is 20.8 Å². The van der Waals surface area contributed by atoms with Crippen molar-refractivity contribution in [2.24, 2.45) is 11.1 Å². The van der Waals surface area contributed by atoms with E-state index >= 15 is 0 Å². The lowest BCUT2D eigenvalue weighted by Crippen LogP contribution is -2.59. The van der Waals surface area contributed by atoms with Crippen molar-refractivity contribution in [2.45, 2.75) is 59.0 Å². The van der Waals surface area contributed by atoms with Crippen molar-refractivity contribution in [3.8, 4) is 0 Å². The van der Waals surface area contributed by atoms with Crippen LogP contribution in [0.5, 0.6) is 0 Å². The normalized spacial score (nSPS) is 26.5. The average molecular weight is 212 g/mol. The lowest BCUT2D eigenvalue weighted by Gasteiger charge is -2.47. The van der Waals surface area contributed by atoms with E-state index in [1.165, 1.54) is 0 Å². The minimum Gasteiger partial charge on any atom is -0.336 e. The van der Waals surface area contributed by atoms with Gasteiger partial charge in [0.1, 0.15) is 0 Å². The Bertz CT molecular complexity index is 253. The Hall–Kier alpha value is -0.570. The molecule has 0 radical (unpaired) electrons. The number of hydrogen-bond donors (Lipinski definition) is 1. The molecule has 3 nitrogen and oxygen atoms in total. The second-order valence-corrected chi connectivity index (χ2v) is 6.28. The van der Waals surface area contributed by atoms with Crippen LogP contribution in [0, 0.1) is 5.41 Å². The molecule has 1 saturated heterocycles. The highest BCUT2D eigenvalue weighted by atomic mass is 16.2. The van der Waals surface area contributed by atoms with Crippen LogP contribution in [0.2, 0.25) is 0 Å². The summed E-state index contributed by atoms with van der Waals surface area (Å²) >= 11 is 0. The molecule has 0 aliphatic carbocycles. The molecule has 1 unspecified atom stereocenters. The Balaban J connectivity index is 2.86. The lowest BCUT2D eigenvalue weighted by atomic mass is 9.84. The maximum atomic E-state index is 12.3. The molecule has 0 bridgehead atoms. The zero-order valence-electron chi connectivity index (χ0n) is 10.6. The van der Waals surface area contributed by atoms with Gasteiger partial charge in [-0.3, -0.25) is 4.79 Å². The zero-order valence-corrected chi connectivity index (χ0v) is 10.6. The molecule has 0 aromatic rings. The smallest absolute Gasteiger partial charge is 0.228 e. The first-order valence-electron chi connectivity index (χ1n) is 5.72. The largest absolute Gasteiger partial charge is 0.336 e. The average Bonchev–Trinajstić information content (AvgIpc) is 2.06. The molecule has 3 heteroatoms. The molecule has 0 spiro atoms. The van der Waals surface area contributed by atoms with Crippen LogP contribution in [0.4, 0.5) is 0 Å². The SMILES string of the molecule is CC(C)(C)C(=O)N1CC(N)CCC1(C)C. The van der Waals surface area contributed by atoms with Gasteiger partial charge >= 0.3 is 0 Å². The number of carbonyl (C=O) groups excluding carboxylic acids is 1. The van der Waals surface area contributed by atoms with Gasteiger partial charge in [0, 0.05) is 23.5 Å². The molecule has 1 rings (SSSR count). The molecule has 1 amide bonds. The fourth-order valence-corrected chi connectivity index (χ4v) is 2.01. The Morgan fingerprint density at radius 1 is 1.40 bits per heavy atom. The van der Waals surface area contributed by atoms with Crippen LogP contribution in [0.1, 0.15) is 47.5 Å². The van der Waals surface area contributed by atoms with Gasteiger partial charge < -0.3 is 10.6 Å². The fraction of sp³-hybridized carbons (Fsp3) is 0.917. The standard InChI is InChI=1S/C12H24N2O/c1-11(2,3)10(15)14-8-9(13)6-7-12(14,4)5/h9H,6-8,13H2,1-5H3. The number of nitrogens with zero attached hydrogens (tertiary/aromatic N) is 1. The number of likely N-dealkylation sites (tertiary alicyclic amines) is 1. The molecule has 15 heavy (non-hydrogen) atoms. The predicted molar refractivity (Wildman–Crippen MR) is 62.5 cm³/mol. The molecular weight excluding hydrogens is 188 g/mol. The van der Waals surface area contributed by atoms with Crippen LogP contribution in [-0.2, 0) is 4.79 Å². The van der Waals surface area contributed by atoms with Crippen LogP contribution in [0.15, 0.2) is 0 Å². The molecule has 1 atom stereocenters. The first kappa shape index (κ1) is 12.5. The van der Waals surface area contributed by atoms with E-state index < -0.39 is 0 Å². The van der Waals surface area contributed by atoms with Gasteiger partial charge in [0.05, 0.1) is 0 Å². The number of rotatable bonds is 0. The monoisotopic (exact) mass is 212 g/mol. The van der Waals surface area contributed by atoms with E-state index in [0.717, 1.165) is 12.8 Å². The van der Waals surface area contributed by atoms with Crippen LogP contribution in [-0.4, -0.2) is 28.9 Å². The zero-order chi connectivity index (χ0) is 11.9. The van der Waals surface area contributed by atoms with Gasteiger partial charge in [0.15, 0.2) is 0 Å². The summed E-state index contributed by atoms with van der Waals surface area (Å²) in [4.78, 5) is 14.2. The third-order valence-corrected chi connectivity index (χ3v) is 3.16. The number of piperidine rings is 1. The lowest BCUT2D eigenvalue weighted by molar-refractivity contribution is -0.147. The molecule has 0 aromatic carbocycles. The minimum atomic E-state index is -0.311. The van der Waals surface area contributed by atoms with E-state index in [9.17, 15) is 4.79 Å². The number of amides is 1. The summed E-state index contributed by atoms with van der Waals surface area (Å²) in [6, 6.07) is 0.143. The Labute approximate surface area is 93.0 Å². The van der Waals surface area contributed by atoms with Crippen LogP contribution in [0.25, 0.3) is 0 Å².